The van der Waals surface area contributed by atoms with Crippen molar-refractivity contribution in [2.75, 3.05) is 0 Å². The standard InChI is InChI=1S/C17H11.C5H5.CH4.2ClH.Hf/c1-3-7-15-12(5-1)9-10-14-11-13-6-2-4-8-16(13)17(14)15;1-2-4-5-3-1;;;;/h1-11H;1-3H,4H2;1H4;2*1H;/q2*-1;;;;+4/p-2. The van der Waals surface area contributed by atoms with E-state index in [4.69, 9.17) is 0 Å². The number of fused-ring (bicyclic) bond motifs is 5. The second-order valence-corrected chi connectivity index (χ2v) is 5.49. The number of hydrogen-bond acceptors (Lipinski definition) is 0. The van der Waals surface area contributed by atoms with Gasteiger partial charge in [0.1, 0.15) is 0 Å². The number of allylic oxidation sites excluding steroid dienone is 4. The molecule has 0 amide bonds. The maximum absolute atomic E-state index is 2.99. The number of benzene rings is 3. The Morgan fingerprint density at radius 3 is 2.12 bits per heavy atom. The van der Waals surface area contributed by atoms with Crippen molar-refractivity contribution >= 4 is 32.3 Å². The first-order valence-electron chi connectivity index (χ1n) is 7.61. The monoisotopic (exact) mass is 546 g/mol. The fourth-order valence-corrected chi connectivity index (χ4v) is 3.07. The van der Waals surface area contributed by atoms with Crippen molar-refractivity contribution < 1.29 is 50.7 Å². The second kappa shape index (κ2) is 11.4. The minimum Gasteiger partial charge on any atom is -1.00 e. The van der Waals surface area contributed by atoms with Gasteiger partial charge in [-0.3, -0.25) is 6.08 Å². The van der Waals surface area contributed by atoms with Crippen LogP contribution < -0.4 is 24.8 Å². The molecule has 0 saturated heterocycles. The van der Waals surface area contributed by atoms with Gasteiger partial charge in [-0.05, 0) is 5.39 Å². The number of hydrogen-bond donors (Lipinski definition) is 0. The zero-order valence-corrected chi connectivity index (χ0v) is 18.7. The summed E-state index contributed by atoms with van der Waals surface area (Å²) in [6.45, 7) is 0. The summed E-state index contributed by atoms with van der Waals surface area (Å²) < 4.78 is 0. The van der Waals surface area contributed by atoms with Crippen LogP contribution in [0.2, 0.25) is 0 Å². The summed E-state index contributed by atoms with van der Waals surface area (Å²) in [7, 11) is 0. The van der Waals surface area contributed by atoms with Crippen molar-refractivity contribution in [3.63, 3.8) is 0 Å². The molecule has 4 aromatic carbocycles. The van der Waals surface area contributed by atoms with Crippen LogP contribution in [0, 0.1) is 6.08 Å². The Kier molecular flexibility index (Phi) is 10.9. The molecule has 130 valence electrons. The Labute approximate surface area is 186 Å². The Hall–Kier alpha value is -1.28. The van der Waals surface area contributed by atoms with Gasteiger partial charge in [-0.2, -0.15) is 6.08 Å². The van der Waals surface area contributed by atoms with Gasteiger partial charge in [0.2, 0.25) is 0 Å². The summed E-state index contributed by atoms with van der Waals surface area (Å²) in [6.07, 6.45) is 10.0. The molecule has 5 rings (SSSR count). The average Bonchev–Trinajstić information content (AvgIpc) is 3.25. The normalized spacial score (nSPS) is 10.9. The minimum absolute atomic E-state index is 0. The predicted octanol–water partition coefficient (Wildman–Crippen LogP) is 0.812. The summed E-state index contributed by atoms with van der Waals surface area (Å²) in [5.74, 6) is 0. The quantitative estimate of drug-likeness (QED) is 0.227. The number of halogens is 2. The fourth-order valence-electron chi connectivity index (χ4n) is 3.07. The zero-order chi connectivity index (χ0) is 14.8. The molecule has 0 nitrogen and oxygen atoms in total. The molecule has 0 aliphatic heterocycles. The smallest absolute Gasteiger partial charge is 1.00 e. The molecule has 0 unspecified atom stereocenters. The molecule has 4 aromatic rings. The van der Waals surface area contributed by atoms with E-state index in [2.05, 4.69) is 78.9 Å². The molecule has 0 spiro atoms. The Morgan fingerprint density at radius 1 is 0.769 bits per heavy atom. The fraction of sp³-hybridized carbons (Fsp3) is 0.0870. The molecule has 1 aliphatic carbocycles. The van der Waals surface area contributed by atoms with Crippen LogP contribution in [0.5, 0.6) is 0 Å². The first-order valence-corrected chi connectivity index (χ1v) is 7.61. The SMILES string of the molecule is C.[C-]1=CC=CC1.[Cl-].[Cl-].[Hf+4].c1ccc2c(c1)ccc1[cH-]c3ccccc3c12. The molecule has 0 aromatic heterocycles. The van der Waals surface area contributed by atoms with Crippen LogP contribution in [-0.4, -0.2) is 0 Å². The molecule has 0 heterocycles. The van der Waals surface area contributed by atoms with Crippen molar-refractivity contribution in [1.82, 2.24) is 0 Å². The van der Waals surface area contributed by atoms with Crippen LogP contribution in [0.4, 0.5) is 0 Å². The number of rotatable bonds is 0. The van der Waals surface area contributed by atoms with E-state index in [9.17, 15) is 0 Å². The molecular formula is C23H20Cl2Hf. The van der Waals surface area contributed by atoms with Gasteiger partial charge < -0.3 is 24.8 Å². The van der Waals surface area contributed by atoms with E-state index in [1.54, 1.807) is 0 Å². The third kappa shape index (κ3) is 4.91. The van der Waals surface area contributed by atoms with Gasteiger partial charge in [-0.25, -0.2) is 12.2 Å². The minimum atomic E-state index is 0. The van der Waals surface area contributed by atoms with E-state index >= 15 is 0 Å². The topological polar surface area (TPSA) is 0 Å². The van der Waals surface area contributed by atoms with E-state index < -0.39 is 0 Å². The van der Waals surface area contributed by atoms with Crippen molar-refractivity contribution in [1.29, 1.82) is 0 Å². The average molecular weight is 546 g/mol. The Balaban J connectivity index is 0.000000615. The largest absolute Gasteiger partial charge is 4.00 e. The molecule has 0 saturated carbocycles. The summed E-state index contributed by atoms with van der Waals surface area (Å²) in [5, 5.41) is 8.09. The van der Waals surface area contributed by atoms with Gasteiger partial charge in [0.25, 0.3) is 0 Å². The third-order valence-corrected chi connectivity index (χ3v) is 4.09. The van der Waals surface area contributed by atoms with Gasteiger partial charge in [0.05, 0.1) is 0 Å². The van der Waals surface area contributed by atoms with Crippen molar-refractivity contribution in [2.45, 2.75) is 13.8 Å². The van der Waals surface area contributed by atoms with Gasteiger partial charge in [-0.15, -0.1) is 46.2 Å². The first-order chi connectivity index (χ1) is 10.9. The Bertz CT molecular complexity index is 996. The van der Waals surface area contributed by atoms with E-state index in [-0.39, 0.29) is 58.1 Å². The molecule has 0 atom stereocenters. The van der Waals surface area contributed by atoms with E-state index in [0.717, 1.165) is 6.42 Å². The van der Waals surface area contributed by atoms with Crippen LogP contribution >= 0.6 is 0 Å². The maximum Gasteiger partial charge on any atom is 4.00 e. The van der Waals surface area contributed by atoms with Crippen molar-refractivity contribution in [3.05, 3.63) is 91.0 Å². The molecule has 0 fully saturated rings. The molecule has 0 bridgehead atoms. The van der Waals surface area contributed by atoms with Gasteiger partial charge in [0.15, 0.2) is 0 Å². The van der Waals surface area contributed by atoms with Gasteiger partial charge >= 0.3 is 25.8 Å². The summed E-state index contributed by atoms with van der Waals surface area (Å²) in [5.41, 5.74) is 0. The maximum atomic E-state index is 2.99. The molecular weight excluding hydrogens is 526 g/mol. The van der Waals surface area contributed by atoms with Crippen molar-refractivity contribution in [3.8, 4) is 0 Å². The molecule has 0 radical (unpaired) electrons. The third-order valence-electron chi connectivity index (χ3n) is 4.09. The molecule has 1 aliphatic rings. The second-order valence-electron chi connectivity index (χ2n) is 5.49. The van der Waals surface area contributed by atoms with Crippen LogP contribution in [0.25, 0.3) is 32.3 Å². The van der Waals surface area contributed by atoms with Crippen LogP contribution in [-0.2, 0) is 25.8 Å². The molecule has 26 heavy (non-hydrogen) atoms. The molecule has 3 heteroatoms. The van der Waals surface area contributed by atoms with Crippen LogP contribution in [0.3, 0.4) is 0 Å². The first kappa shape index (κ1) is 24.7. The van der Waals surface area contributed by atoms with Gasteiger partial charge in [0, 0.05) is 0 Å². The predicted molar refractivity (Wildman–Crippen MR) is 103 cm³/mol. The van der Waals surface area contributed by atoms with E-state index in [1.807, 2.05) is 12.2 Å². The van der Waals surface area contributed by atoms with Crippen molar-refractivity contribution in [2.24, 2.45) is 0 Å². The summed E-state index contributed by atoms with van der Waals surface area (Å²) >= 11 is 0. The summed E-state index contributed by atoms with van der Waals surface area (Å²) in [6, 6.07) is 23.9. The van der Waals surface area contributed by atoms with Crippen LogP contribution in [0.1, 0.15) is 13.8 Å². The zero-order valence-electron chi connectivity index (χ0n) is 13.5. The van der Waals surface area contributed by atoms with Gasteiger partial charge in [-0.1, -0.05) is 61.3 Å². The van der Waals surface area contributed by atoms with E-state index in [1.165, 1.54) is 32.3 Å². The Morgan fingerprint density at radius 2 is 1.46 bits per heavy atom. The van der Waals surface area contributed by atoms with E-state index in [0.29, 0.717) is 0 Å². The van der Waals surface area contributed by atoms with Crippen LogP contribution in [0.15, 0.2) is 85.0 Å². The molecule has 0 N–H and O–H groups in total. The summed E-state index contributed by atoms with van der Waals surface area (Å²) in [4.78, 5) is 0.